The molecule has 8 heteroatoms. The number of hydrogen-bond acceptors (Lipinski definition) is 5. The van der Waals surface area contributed by atoms with Crippen molar-refractivity contribution in [2.45, 2.75) is 18.9 Å². The summed E-state index contributed by atoms with van der Waals surface area (Å²) in [5, 5.41) is 10.3. The summed E-state index contributed by atoms with van der Waals surface area (Å²) in [6, 6.07) is 4.78. The quantitative estimate of drug-likeness (QED) is 0.810. The number of rotatable bonds is 2. The minimum Gasteiger partial charge on any atom is -0.382 e. The predicted molar refractivity (Wildman–Crippen MR) is 75.7 cm³/mol. The summed E-state index contributed by atoms with van der Waals surface area (Å²) >= 11 is 0. The molecule has 3 rings (SSSR count). The molecule has 1 saturated heterocycles. The van der Waals surface area contributed by atoms with E-state index in [1.54, 1.807) is 11.0 Å². The summed E-state index contributed by atoms with van der Waals surface area (Å²) in [6.45, 7) is 1.26. The monoisotopic (exact) mass is 288 g/mol. The van der Waals surface area contributed by atoms with E-state index in [0.29, 0.717) is 18.9 Å². The molecule has 2 aromatic heterocycles. The van der Waals surface area contributed by atoms with Crippen molar-refractivity contribution in [3.8, 4) is 0 Å². The molecule has 0 aliphatic carbocycles. The summed E-state index contributed by atoms with van der Waals surface area (Å²) in [5.74, 6) is 0.343. The minimum atomic E-state index is -0.318. The van der Waals surface area contributed by atoms with Crippen LogP contribution in [-0.2, 0) is 0 Å². The zero-order valence-corrected chi connectivity index (χ0v) is 11.4. The van der Waals surface area contributed by atoms with Crippen LogP contribution in [0.25, 0.3) is 0 Å². The normalized spacial score (nSPS) is 16.1. The molecule has 0 atom stereocenters. The molecule has 0 unspecified atom stereocenters. The lowest BCUT2D eigenvalue weighted by Crippen LogP contribution is -2.39. The van der Waals surface area contributed by atoms with Gasteiger partial charge in [-0.15, -0.1) is 0 Å². The molecule has 3 N–H and O–H groups in total. The first-order chi connectivity index (χ1) is 10.1. The molecule has 0 spiro atoms. The number of likely N-dealkylation sites (tertiary alicyclic amines) is 1. The van der Waals surface area contributed by atoms with Gasteiger partial charge in [-0.05, 0) is 25.0 Å². The summed E-state index contributed by atoms with van der Waals surface area (Å²) in [4.78, 5) is 25.0. The molecular formula is C13H16N6O2. The van der Waals surface area contributed by atoms with Crippen molar-refractivity contribution < 1.29 is 4.79 Å². The number of nitrogens with one attached hydrogen (secondary N) is 1. The van der Waals surface area contributed by atoms with Crippen LogP contribution >= 0.6 is 0 Å². The maximum atomic E-state index is 12.3. The maximum Gasteiger partial charge on any atom is 0.274 e. The first-order valence-corrected chi connectivity index (χ1v) is 6.79. The molecule has 0 bridgehead atoms. The molecule has 0 aromatic carbocycles. The third kappa shape index (κ3) is 2.78. The second kappa shape index (κ2) is 5.39. The zero-order chi connectivity index (χ0) is 14.8. The van der Waals surface area contributed by atoms with Crippen LogP contribution in [0.15, 0.2) is 29.2 Å². The fourth-order valence-corrected chi connectivity index (χ4v) is 2.52. The third-order valence-electron chi connectivity index (χ3n) is 3.65. The smallest absolute Gasteiger partial charge is 0.274 e. The molecule has 0 radical (unpaired) electrons. The van der Waals surface area contributed by atoms with Gasteiger partial charge in [-0.1, -0.05) is 0 Å². The number of H-pyrrole nitrogens is 1. The van der Waals surface area contributed by atoms with Crippen molar-refractivity contribution in [3.05, 3.63) is 40.4 Å². The molecule has 21 heavy (non-hydrogen) atoms. The molecule has 3 heterocycles. The lowest BCUT2D eigenvalue weighted by molar-refractivity contribution is 0.0683. The van der Waals surface area contributed by atoms with Crippen molar-refractivity contribution in [1.29, 1.82) is 0 Å². The van der Waals surface area contributed by atoms with E-state index in [0.717, 1.165) is 12.8 Å². The van der Waals surface area contributed by atoms with Crippen LogP contribution in [0.3, 0.4) is 0 Å². The summed E-state index contributed by atoms with van der Waals surface area (Å²) in [7, 11) is 0. The van der Waals surface area contributed by atoms with Crippen LogP contribution in [-0.4, -0.2) is 43.9 Å². The van der Waals surface area contributed by atoms with Gasteiger partial charge in [0.25, 0.3) is 11.5 Å². The Hall–Kier alpha value is -2.64. The van der Waals surface area contributed by atoms with Crippen molar-refractivity contribution >= 4 is 11.7 Å². The Morgan fingerprint density at radius 3 is 2.62 bits per heavy atom. The Labute approximate surface area is 120 Å². The maximum absolute atomic E-state index is 12.3. The highest BCUT2D eigenvalue weighted by molar-refractivity contribution is 5.92. The minimum absolute atomic E-state index is 0.162. The van der Waals surface area contributed by atoms with Gasteiger partial charge in [0.1, 0.15) is 11.5 Å². The average molecular weight is 288 g/mol. The van der Waals surface area contributed by atoms with Gasteiger partial charge in [0.05, 0.1) is 6.04 Å². The molecule has 1 aliphatic heterocycles. The van der Waals surface area contributed by atoms with Gasteiger partial charge in [0, 0.05) is 25.4 Å². The molecule has 0 saturated carbocycles. The molecule has 1 amide bonds. The molecular weight excluding hydrogens is 272 g/mol. The van der Waals surface area contributed by atoms with Gasteiger partial charge in [0.15, 0.2) is 0 Å². The molecule has 1 fully saturated rings. The first kappa shape index (κ1) is 13.3. The number of piperidine rings is 1. The highest BCUT2D eigenvalue weighted by atomic mass is 16.2. The Bertz CT molecular complexity index is 678. The highest BCUT2D eigenvalue weighted by Gasteiger charge is 2.25. The van der Waals surface area contributed by atoms with E-state index in [-0.39, 0.29) is 23.2 Å². The Balaban J connectivity index is 1.64. The summed E-state index contributed by atoms with van der Waals surface area (Å²) < 4.78 is 1.86. The van der Waals surface area contributed by atoms with E-state index in [4.69, 9.17) is 5.73 Å². The lowest BCUT2D eigenvalue weighted by atomic mass is 10.0. The average Bonchev–Trinajstić information content (AvgIpc) is 2.94. The summed E-state index contributed by atoms with van der Waals surface area (Å²) in [6.07, 6.45) is 3.49. The van der Waals surface area contributed by atoms with Gasteiger partial charge >= 0.3 is 0 Å². The Morgan fingerprint density at radius 1 is 1.29 bits per heavy atom. The largest absolute Gasteiger partial charge is 0.382 e. The van der Waals surface area contributed by atoms with Crippen LogP contribution < -0.4 is 11.3 Å². The number of carbonyl (C=O) groups is 1. The van der Waals surface area contributed by atoms with Crippen molar-refractivity contribution in [3.63, 3.8) is 0 Å². The number of anilines is 1. The number of aromatic amines is 1. The first-order valence-electron chi connectivity index (χ1n) is 6.79. The van der Waals surface area contributed by atoms with Crippen LogP contribution in [0.5, 0.6) is 0 Å². The fourth-order valence-electron chi connectivity index (χ4n) is 2.52. The van der Waals surface area contributed by atoms with Crippen LogP contribution in [0.4, 0.5) is 5.82 Å². The van der Waals surface area contributed by atoms with E-state index < -0.39 is 0 Å². The van der Waals surface area contributed by atoms with Crippen molar-refractivity contribution in [1.82, 2.24) is 24.9 Å². The van der Waals surface area contributed by atoms with Gasteiger partial charge in [-0.3, -0.25) is 14.3 Å². The van der Waals surface area contributed by atoms with Crippen molar-refractivity contribution in [2.75, 3.05) is 18.8 Å². The molecule has 110 valence electrons. The second-order valence-corrected chi connectivity index (χ2v) is 5.05. The van der Waals surface area contributed by atoms with E-state index in [1.807, 2.05) is 10.9 Å². The third-order valence-corrected chi connectivity index (χ3v) is 3.65. The topological polar surface area (TPSA) is 110 Å². The van der Waals surface area contributed by atoms with E-state index in [2.05, 4.69) is 15.3 Å². The van der Waals surface area contributed by atoms with Crippen LogP contribution in [0.2, 0.25) is 0 Å². The molecule has 8 nitrogen and oxygen atoms in total. The number of nitrogens with zero attached hydrogens (tertiary/aromatic N) is 4. The van der Waals surface area contributed by atoms with Crippen LogP contribution in [0, 0.1) is 0 Å². The standard InChI is InChI=1S/C13H16N6O2/c14-11-5-8-19(17-11)9-3-6-18(7-4-9)13(21)10-1-2-12(20)16-15-10/h1-2,5,8-9H,3-4,6-7H2,(H2,14,17)(H,16,20). The number of nitrogens with two attached hydrogens (primary N) is 1. The number of carbonyl (C=O) groups excluding carboxylic acids is 1. The number of aromatic nitrogens is 4. The number of hydrogen-bond donors (Lipinski definition) is 2. The lowest BCUT2D eigenvalue weighted by Gasteiger charge is -2.31. The predicted octanol–water partition coefficient (Wildman–Crippen LogP) is 0.0259. The summed E-state index contributed by atoms with van der Waals surface area (Å²) in [5.41, 5.74) is 5.56. The van der Waals surface area contributed by atoms with Crippen LogP contribution in [0.1, 0.15) is 29.4 Å². The Morgan fingerprint density at radius 2 is 2.05 bits per heavy atom. The van der Waals surface area contributed by atoms with E-state index in [1.165, 1.54) is 12.1 Å². The fraction of sp³-hybridized carbons (Fsp3) is 0.385. The van der Waals surface area contributed by atoms with Gasteiger partial charge < -0.3 is 10.6 Å². The van der Waals surface area contributed by atoms with E-state index in [9.17, 15) is 9.59 Å². The van der Waals surface area contributed by atoms with Gasteiger partial charge in [-0.25, -0.2) is 5.10 Å². The molecule has 1 aliphatic rings. The molecule has 2 aromatic rings. The Kier molecular flexibility index (Phi) is 3.43. The van der Waals surface area contributed by atoms with Crippen molar-refractivity contribution in [2.24, 2.45) is 0 Å². The SMILES string of the molecule is Nc1ccn(C2CCN(C(=O)c3ccc(=O)[nH]n3)CC2)n1. The van der Waals surface area contributed by atoms with E-state index >= 15 is 0 Å². The highest BCUT2D eigenvalue weighted by Crippen LogP contribution is 2.23. The number of amides is 1. The van der Waals surface area contributed by atoms with Gasteiger partial charge in [-0.2, -0.15) is 10.2 Å². The van der Waals surface area contributed by atoms with Gasteiger partial charge in [0.2, 0.25) is 0 Å². The zero-order valence-electron chi connectivity index (χ0n) is 11.4. The number of nitrogen functional groups attached to an aromatic ring is 1. The second-order valence-electron chi connectivity index (χ2n) is 5.05.